The molecule has 1 aromatic rings. The summed E-state index contributed by atoms with van der Waals surface area (Å²) in [5.41, 5.74) is 0. The number of rotatable bonds is 2. The van der Waals surface area contributed by atoms with E-state index in [2.05, 4.69) is 21.9 Å². The van der Waals surface area contributed by atoms with Crippen LogP contribution in [-0.2, 0) is 0 Å². The highest BCUT2D eigenvalue weighted by atomic mass is 16.5. The van der Waals surface area contributed by atoms with E-state index < -0.39 is 0 Å². The van der Waals surface area contributed by atoms with Crippen molar-refractivity contribution in [3.8, 4) is 6.01 Å². The fraction of sp³-hybridized carbons (Fsp3) is 0.200. The third-order valence-electron chi connectivity index (χ3n) is 0.701. The van der Waals surface area contributed by atoms with Gasteiger partial charge in [0.1, 0.15) is 12.7 Å². The van der Waals surface area contributed by atoms with Gasteiger partial charge in [0.2, 0.25) is 0 Å². The lowest BCUT2D eigenvalue weighted by Gasteiger charge is -1.95. The molecule has 0 bridgehead atoms. The van der Waals surface area contributed by atoms with Gasteiger partial charge in [-0.2, -0.15) is 9.97 Å². The average molecular weight is 124 g/mol. The summed E-state index contributed by atoms with van der Waals surface area (Å²) in [7, 11) is 0. The van der Waals surface area contributed by atoms with Crippen molar-refractivity contribution in [3.63, 3.8) is 0 Å². The van der Waals surface area contributed by atoms with Crippen molar-refractivity contribution in [1.82, 2.24) is 15.0 Å². The van der Waals surface area contributed by atoms with Crippen LogP contribution in [0.5, 0.6) is 6.01 Å². The molecule has 1 heterocycles. The zero-order chi connectivity index (χ0) is 6.53. The van der Waals surface area contributed by atoms with Gasteiger partial charge in [0.05, 0.1) is 6.61 Å². The summed E-state index contributed by atoms with van der Waals surface area (Å²) in [6.45, 7) is 3.80. The molecular formula is C5H6N3O. The van der Waals surface area contributed by atoms with E-state index in [9.17, 15) is 0 Å². The van der Waals surface area contributed by atoms with Gasteiger partial charge in [-0.1, -0.05) is 0 Å². The molecule has 0 saturated carbocycles. The van der Waals surface area contributed by atoms with Crippen LogP contribution in [0.15, 0.2) is 12.7 Å². The van der Waals surface area contributed by atoms with Crippen molar-refractivity contribution in [2.45, 2.75) is 0 Å². The van der Waals surface area contributed by atoms with Gasteiger partial charge in [-0.05, 0) is 6.92 Å². The maximum atomic E-state index is 4.83. The Morgan fingerprint density at radius 2 is 2.11 bits per heavy atom. The molecule has 0 aliphatic rings. The lowest BCUT2D eigenvalue weighted by atomic mass is 10.9. The quantitative estimate of drug-likeness (QED) is 0.560. The zero-order valence-corrected chi connectivity index (χ0v) is 4.82. The van der Waals surface area contributed by atoms with Gasteiger partial charge < -0.3 is 4.74 Å². The largest absolute Gasteiger partial charge is 0.463 e. The smallest absolute Gasteiger partial charge is 0.319 e. The molecule has 1 radical (unpaired) electrons. The Labute approximate surface area is 52.9 Å². The molecular weight excluding hydrogens is 118 g/mol. The van der Waals surface area contributed by atoms with Crippen molar-refractivity contribution in [3.05, 3.63) is 19.6 Å². The van der Waals surface area contributed by atoms with Crippen LogP contribution < -0.4 is 4.74 Å². The van der Waals surface area contributed by atoms with E-state index in [-0.39, 0.29) is 0 Å². The van der Waals surface area contributed by atoms with Crippen LogP contribution in [0.25, 0.3) is 0 Å². The van der Waals surface area contributed by atoms with Crippen molar-refractivity contribution in [1.29, 1.82) is 0 Å². The van der Waals surface area contributed by atoms with E-state index in [1.54, 1.807) is 0 Å². The van der Waals surface area contributed by atoms with Crippen LogP contribution in [0.4, 0.5) is 0 Å². The van der Waals surface area contributed by atoms with E-state index in [1.165, 1.54) is 12.7 Å². The van der Waals surface area contributed by atoms with Gasteiger partial charge in [-0.25, -0.2) is 4.98 Å². The van der Waals surface area contributed by atoms with Crippen LogP contribution in [0.2, 0.25) is 0 Å². The molecule has 0 fully saturated rings. The standard InChI is InChI=1S/C5H6N3O/c1-2-9-5-7-3-6-4-8-5/h3-4H,1-2H2. The Kier molecular flexibility index (Phi) is 1.95. The summed E-state index contributed by atoms with van der Waals surface area (Å²) in [6.07, 6.45) is 2.75. The third kappa shape index (κ3) is 1.64. The lowest BCUT2D eigenvalue weighted by molar-refractivity contribution is 0.329. The normalized spacial score (nSPS) is 9.00. The SMILES string of the molecule is [CH2]COc1ncncn1. The summed E-state index contributed by atoms with van der Waals surface area (Å²) in [6, 6.07) is 0.319. The molecule has 0 saturated heterocycles. The number of aromatic nitrogens is 3. The summed E-state index contributed by atoms with van der Waals surface area (Å²) in [4.78, 5) is 11.0. The third-order valence-corrected chi connectivity index (χ3v) is 0.701. The first-order chi connectivity index (χ1) is 4.43. The van der Waals surface area contributed by atoms with Crippen molar-refractivity contribution in [2.24, 2.45) is 0 Å². The van der Waals surface area contributed by atoms with Crippen molar-refractivity contribution >= 4 is 0 Å². The molecule has 1 aromatic heterocycles. The minimum atomic E-state index is 0.319. The molecule has 4 nitrogen and oxygen atoms in total. The molecule has 0 amide bonds. The second kappa shape index (κ2) is 2.96. The van der Waals surface area contributed by atoms with E-state index in [1.807, 2.05) is 0 Å². The Hall–Kier alpha value is -1.19. The predicted octanol–water partition coefficient (Wildman–Crippen LogP) is 0.0845. The molecule has 0 aromatic carbocycles. The van der Waals surface area contributed by atoms with Gasteiger partial charge in [0.15, 0.2) is 0 Å². The maximum Gasteiger partial charge on any atom is 0.319 e. The second-order valence-electron chi connectivity index (χ2n) is 1.27. The van der Waals surface area contributed by atoms with Gasteiger partial charge >= 0.3 is 6.01 Å². The summed E-state index contributed by atoms with van der Waals surface area (Å²) in [5, 5.41) is 0. The van der Waals surface area contributed by atoms with Gasteiger partial charge in [0, 0.05) is 0 Å². The first kappa shape index (κ1) is 5.94. The highest BCUT2D eigenvalue weighted by Gasteiger charge is 1.88. The van der Waals surface area contributed by atoms with Crippen molar-refractivity contribution in [2.75, 3.05) is 6.61 Å². The van der Waals surface area contributed by atoms with E-state index in [4.69, 9.17) is 4.74 Å². The molecule has 0 atom stereocenters. The Morgan fingerprint density at radius 3 is 2.67 bits per heavy atom. The Balaban J connectivity index is 2.61. The molecule has 0 aliphatic heterocycles. The predicted molar refractivity (Wildman–Crippen MR) is 30.7 cm³/mol. The summed E-state index contributed by atoms with van der Waals surface area (Å²) in [5.74, 6) is 0. The lowest BCUT2D eigenvalue weighted by Crippen LogP contribution is -1.96. The van der Waals surface area contributed by atoms with E-state index >= 15 is 0 Å². The molecule has 1 rings (SSSR count). The van der Waals surface area contributed by atoms with Gasteiger partial charge in [0.25, 0.3) is 0 Å². The van der Waals surface area contributed by atoms with Crippen LogP contribution in [0.1, 0.15) is 0 Å². The fourth-order valence-electron chi connectivity index (χ4n) is 0.394. The Morgan fingerprint density at radius 1 is 1.44 bits per heavy atom. The molecule has 0 aliphatic carbocycles. The van der Waals surface area contributed by atoms with E-state index in [0.717, 1.165) is 0 Å². The molecule has 4 heteroatoms. The molecule has 9 heavy (non-hydrogen) atoms. The maximum absolute atomic E-state index is 4.83. The topological polar surface area (TPSA) is 47.9 Å². The number of hydrogen-bond donors (Lipinski definition) is 0. The first-order valence-electron chi connectivity index (χ1n) is 2.47. The minimum Gasteiger partial charge on any atom is -0.463 e. The number of ether oxygens (including phenoxy) is 1. The first-order valence-corrected chi connectivity index (χ1v) is 2.47. The average Bonchev–Trinajstić information content (AvgIpc) is 1.91. The summed E-state index contributed by atoms with van der Waals surface area (Å²) < 4.78 is 4.83. The molecule has 0 unspecified atom stereocenters. The summed E-state index contributed by atoms with van der Waals surface area (Å²) >= 11 is 0. The molecule has 47 valence electrons. The molecule has 0 spiro atoms. The van der Waals surface area contributed by atoms with Crippen molar-refractivity contribution < 1.29 is 4.74 Å². The Bertz CT molecular complexity index is 165. The number of hydrogen-bond acceptors (Lipinski definition) is 4. The zero-order valence-electron chi connectivity index (χ0n) is 4.82. The van der Waals surface area contributed by atoms with Crippen LogP contribution in [0, 0.1) is 6.92 Å². The van der Waals surface area contributed by atoms with Gasteiger partial charge in [-0.15, -0.1) is 0 Å². The van der Waals surface area contributed by atoms with Crippen LogP contribution in [-0.4, -0.2) is 21.6 Å². The number of nitrogens with zero attached hydrogens (tertiary/aromatic N) is 3. The fourth-order valence-corrected chi connectivity index (χ4v) is 0.394. The highest BCUT2D eigenvalue weighted by Crippen LogP contribution is 1.93. The van der Waals surface area contributed by atoms with Crippen LogP contribution in [0.3, 0.4) is 0 Å². The van der Waals surface area contributed by atoms with Gasteiger partial charge in [-0.3, -0.25) is 0 Å². The monoisotopic (exact) mass is 124 g/mol. The minimum absolute atomic E-state index is 0.319. The highest BCUT2D eigenvalue weighted by molar-refractivity contribution is 4.86. The van der Waals surface area contributed by atoms with Crippen LogP contribution >= 0.6 is 0 Å². The second-order valence-corrected chi connectivity index (χ2v) is 1.27. The van der Waals surface area contributed by atoms with E-state index in [0.29, 0.717) is 12.6 Å². The molecule has 0 N–H and O–H groups in total.